The Balaban J connectivity index is 2.05. The average molecular weight is 290 g/mol. The second-order valence-electron chi connectivity index (χ2n) is 5.53. The van der Waals surface area contributed by atoms with E-state index in [1.54, 1.807) is 17.4 Å². The maximum absolute atomic E-state index is 14.3. The molecule has 0 radical (unpaired) electrons. The topological polar surface area (TPSA) is 38.0 Å². The Morgan fingerprint density at radius 1 is 1.25 bits per heavy atom. The van der Waals surface area contributed by atoms with Crippen LogP contribution in [0.4, 0.5) is 4.39 Å². The molecule has 1 aromatic carbocycles. The van der Waals surface area contributed by atoms with Gasteiger partial charge < -0.3 is 0 Å². The Morgan fingerprint density at radius 3 is 2.70 bits per heavy atom. The van der Waals surface area contributed by atoms with Gasteiger partial charge in [-0.1, -0.05) is 6.07 Å². The molecule has 4 heteroatoms. The number of halogens is 1. The third kappa shape index (κ3) is 2.28. The predicted molar refractivity (Wildman–Crippen MR) is 81.4 cm³/mol. The van der Waals surface area contributed by atoms with E-state index in [1.165, 1.54) is 16.9 Å². The smallest absolute Gasteiger partial charge is 0.128 e. The highest BCUT2D eigenvalue weighted by atomic mass is 32.1. The van der Waals surface area contributed by atoms with Crippen LogP contribution in [0.2, 0.25) is 0 Å². The van der Waals surface area contributed by atoms with Crippen molar-refractivity contribution >= 4 is 11.3 Å². The van der Waals surface area contributed by atoms with Crippen LogP contribution in [0.25, 0.3) is 0 Å². The molecule has 106 valence electrons. The van der Waals surface area contributed by atoms with Gasteiger partial charge in [0.1, 0.15) is 5.82 Å². The van der Waals surface area contributed by atoms with Gasteiger partial charge in [-0.15, -0.1) is 11.3 Å². The van der Waals surface area contributed by atoms with E-state index < -0.39 is 0 Å². The van der Waals surface area contributed by atoms with Crippen molar-refractivity contribution in [3.8, 4) is 0 Å². The van der Waals surface area contributed by atoms with Crippen molar-refractivity contribution in [2.24, 2.45) is 5.84 Å². The van der Waals surface area contributed by atoms with Gasteiger partial charge in [-0.3, -0.25) is 5.84 Å². The molecule has 1 unspecified atom stereocenters. The summed E-state index contributed by atoms with van der Waals surface area (Å²) in [5.41, 5.74) is 6.75. The zero-order valence-electron chi connectivity index (χ0n) is 11.8. The van der Waals surface area contributed by atoms with Gasteiger partial charge in [-0.25, -0.2) is 9.82 Å². The van der Waals surface area contributed by atoms with Crippen molar-refractivity contribution in [2.75, 3.05) is 0 Å². The van der Waals surface area contributed by atoms with E-state index >= 15 is 0 Å². The fraction of sp³-hybridized carbons (Fsp3) is 0.375. The molecular formula is C16H19FN2S. The summed E-state index contributed by atoms with van der Waals surface area (Å²) < 4.78 is 14.3. The van der Waals surface area contributed by atoms with Crippen molar-refractivity contribution in [1.29, 1.82) is 0 Å². The first-order chi connectivity index (χ1) is 9.60. The van der Waals surface area contributed by atoms with Crippen molar-refractivity contribution < 1.29 is 4.39 Å². The monoisotopic (exact) mass is 290 g/mol. The summed E-state index contributed by atoms with van der Waals surface area (Å²) in [6.07, 6.45) is 3.52. The van der Waals surface area contributed by atoms with E-state index in [2.05, 4.69) is 11.5 Å². The number of hydrazine groups is 1. The van der Waals surface area contributed by atoms with Gasteiger partial charge in [0.2, 0.25) is 0 Å². The number of fused-ring (bicyclic) bond motifs is 1. The van der Waals surface area contributed by atoms with Crippen LogP contribution in [0.3, 0.4) is 0 Å². The Hall–Kier alpha value is -1.23. The molecule has 2 aromatic rings. The van der Waals surface area contributed by atoms with E-state index in [-0.39, 0.29) is 11.9 Å². The summed E-state index contributed by atoms with van der Waals surface area (Å²) in [4.78, 5) is 2.55. The van der Waals surface area contributed by atoms with Gasteiger partial charge in [-0.05, 0) is 61.9 Å². The minimum absolute atomic E-state index is 0.181. The molecule has 1 atom stereocenters. The highest BCUT2D eigenvalue weighted by molar-refractivity contribution is 7.12. The molecule has 2 nitrogen and oxygen atoms in total. The van der Waals surface area contributed by atoms with Crippen molar-refractivity contribution in [3.05, 3.63) is 56.0 Å². The molecule has 1 aliphatic rings. The van der Waals surface area contributed by atoms with Crippen molar-refractivity contribution in [3.63, 3.8) is 0 Å². The first-order valence-electron chi connectivity index (χ1n) is 6.94. The van der Waals surface area contributed by atoms with Crippen molar-refractivity contribution in [1.82, 2.24) is 5.43 Å². The van der Waals surface area contributed by atoms with E-state index in [0.29, 0.717) is 5.56 Å². The second-order valence-corrected chi connectivity index (χ2v) is 6.70. The van der Waals surface area contributed by atoms with Gasteiger partial charge in [0.25, 0.3) is 0 Å². The van der Waals surface area contributed by atoms with Crippen LogP contribution in [0.15, 0.2) is 18.2 Å². The summed E-state index contributed by atoms with van der Waals surface area (Å²) in [5.74, 6) is 5.54. The Kier molecular flexibility index (Phi) is 3.63. The molecule has 20 heavy (non-hydrogen) atoms. The maximum atomic E-state index is 14.3. The SMILES string of the molecule is Cc1cc(C)c(C(NN)c2cc3c(s2)CCC3)c(F)c1. The van der Waals surface area contributed by atoms with Crippen LogP contribution >= 0.6 is 11.3 Å². The molecule has 0 amide bonds. The first kappa shape index (κ1) is 13.7. The summed E-state index contributed by atoms with van der Waals surface area (Å²) in [7, 11) is 0. The standard InChI is InChI=1S/C16H19FN2S/c1-9-6-10(2)15(12(17)7-9)16(19-18)14-8-11-4-3-5-13(11)20-14/h6-8,16,19H,3-5,18H2,1-2H3. The lowest BCUT2D eigenvalue weighted by Crippen LogP contribution is -2.29. The fourth-order valence-corrected chi connectivity index (χ4v) is 4.42. The number of hydrogen-bond acceptors (Lipinski definition) is 3. The fourth-order valence-electron chi connectivity index (χ4n) is 3.09. The highest BCUT2D eigenvalue weighted by Crippen LogP contribution is 2.37. The molecule has 1 aromatic heterocycles. The van der Waals surface area contributed by atoms with E-state index in [9.17, 15) is 4.39 Å². The number of thiophene rings is 1. The number of nitrogens with two attached hydrogens (primary N) is 1. The quantitative estimate of drug-likeness (QED) is 0.670. The lowest BCUT2D eigenvalue weighted by atomic mass is 9.97. The molecule has 0 aliphatic heterocycles. The normalized spacial score (nSPS) is 15.4. The zero-order chi connectivity index (χ0) is 14.3. The maximum Gasteiger partial charge on any atom is 0.128 e. The summed E-state index contributed by atoms with van der Waals surface area (Å²) >= 11 is 1.76. The van der Waals surface area contributed by atoms with Crippen LogP contribution < -0.4 is 11.3 Å². The third-order valence-corrected chi connectivity index (χ3v) is 5.29. The van der Waals surface area contributed by atoms with Gasteiger partial charge in [0, 0.05) is 15.3 Å². The van der Waals surface area contributed by atoms with Crippen molar-refractivity contribution in [2.45, 2.75) is 39.2 Å². The minimum Gasteiger partial charge on any atom is -0.271 e. The molecule has 1 aliphatic carbocycles. The van der Waals surface area contributed by atoms with E-state index in [1.807, 2.05) is 19.9 Å². The Labute approximate surface area is 122 Å². The molecular weight excluding hydrogens is 271 g/mol. The summed E-state index contributed by atoms with van der Waals surface area (Å²) in [6, 6.07) is 5.51. The third-order valence-electron chi connectivity index (χ3n) is 3.99. The molecule has 0 fully saturated rings. The highest BCUT2D eigenvalue weighted by Gasteiger charge is 2.24. The van der Waals surface area contributed by atoms with E-state index in [4.69, 9.17) is 5.84 Å². The van der Waals surface area contributed by atoms with Gasteiger partial charge in [0.15, 0.2) is 0 Å². The van der Waals surface area contributed by atoms with Gasteiger partial charge in [0.05, 0.1) is 6.04 Å². The van der Waals surface area contributed by atoms with Crippen LogP contribution in [-0.2, 0) is 12.8 Å². The summed E-state index contributed by atoms with van der Waals surface area (Å²) in [5, 5.41) is 0. The van der Waals surface area contributed by atoms with Gasteiger partial charge in [-0.2, -0.15) is 0 Å². The Morgan fingerprint density at radius 2 is 2.05 bits per heavy atom. The largest absolute Gasteiger partial charge is 0.271 e. The van der Waals surface area contributed by atoms with E-state index in [0.717, 1.165) is 28.8 Å². The summed E-state index contributed by atoms with van der Waals surface area (Å²) in [6.45, 7) is 3.85. The molecule has 0 saturated carbocycles. The average Bonchev–Trinajstić information content (AvgIpc) is 2.93. The number of benzene rings is 1. The van der Waals surface area contributed by atoms with Crippen LogP contribution in [0, 0.1) is 19.7 Å². The number of rotatable bonds is 3. The van der Waals surface area contributed by atoms with Crippen LogP contribution in [0.1, 0.15) is 44.5 Å². The molecule has 0 bridgehead atoms. The predicted octanol–water partition coefficient (Wildman–Crippen LogP) is 3.55. The van der Waals surface area contributed by atoms with Gasteiger partial charge >= 0.3 is 0 Å². The van der Waals surface area contributed by atoms with Crippen LogP contribution in [0.5, 0.6) is 0 Å². The minimum atomic E-state index is -0.258. The molecule has 1 heterocycles. The number of hydrogen-bond donors (Lipinski definition) is 2. The second kappa shape index (κ2) is 5.28. The zero-order valence-corrected chi connectivity index (χ0v) is 12.6. The molecule has 3 N–H and O–H groups in total. The van der Waals surface area contributed by atoms with Crippen LogP contribution in [-0.4, -0.2) is 0 Å². The first-order valence-corrected chi connectivity index (χ1v) is 7.76. The Bertz CT molecular complexity index is 603. The molecule has 0 spiro atoms. The molecule has 0 saturated heterocycles. The molecule has 3 rings (SSSR count). The lowest BCUT2D eigenvalue weighted by molar-refractivity contribution is 0.560. The number of nitrogens with one attached hydrogen (secondary N) is 1. The number of aryl methyl sites for hydroxylation is 4. The lowest BCUT2D eigenvalue weighted by Gasteiger charge is -2.19.